The van der Waals surface area contributed by atoms with Gasteiger partial charge in [-0.2, -0.15) is 8.42 Å². The molecule has 29 heteroatoms. The molecule has 0 spiro atoms. The molecule has 8 aromatic rings. The summed E-state index contributed by atoms with van der Waals surface area (Å²) in [7, 11) is -3.63. The SMILES string of the molecule is Cc1c(Nc2nc3ccccc3s2)nnc2c1CCCN2c1nc(C(=O)O)c(CCCOc2ccc(C#CCN(C)C(=O)OCc3ccc(NC(=O)[C@H](CCCNC(N)=O)NC(=N)[C@@H](NC(=O)OCC4c5ccccc5-c5ccccc54)C(C)C)cc3S(=O)(=O)O)cc2F)s1. The highest BCUT2D eigenvalue weighted by molar-refractivity contribution is 7.85. The Hall–Kier alpha value is -10.3. The monoisotopic (exact) mass is 1350 g/mol. The normalized spacial score (nSPS) is 13.1. The van der Waals surface area contributed by atoms with Crippen molar-refractivity contribution in [3.05, 3.63) is 159 Å². The fourth-order valence-corrected chi connectivity index (χ4v) is 13.7. The summed E-state index contributed by atoms with van der Waals surface area (Å²) in [6.45, 7) is 5.35. The number of anilines is 5. The van der Waals surface area contributed by atoms with E-state index in [1.807, 2.05) is 84.6 Å². The minimum Gasteiger partial charge on any atom is -0.491 e. The van der Waals surface area contributed by atoms with Crippen LogP contribution in [-0.4, -0.2) is 131 Å². The van der Waals surface area contributed by atoms with Gasteiger partial charge in [-0.1, -0.05) is 104 Å². The molecule has 4 heterocycles. The lowest BCUT2D eigenvalue weighted by Gasteiger charge is -2.28. The van der Waals surface area contributed by atoms with E-state index in [1.165, 1.54) is 54.0 Å². The third kappa shape index (κ3) is 16.6. The lowest BCUT2D eigenvalue weighted by Crippen LogP contribution is -2.54. The van der Waals surface area contributed by atoms with E-state index < -0.39 is 69.6 Å². The molecule has 95 heavy (non-hydrogen) atoms. The number of amides is 5. The summed E-state index contributed by atoms with van der Waals surface area (Å²) in [6, 6.07) is 28.2. The average Bonchev–Trinajstić information content (AvgIpc) is 1.69. The molecular weight excluding hydrogens is 1280 g/mol. The maximum atomic E-state index is 15.3. The summed E-state index contributed by atoms with van der Waals surface area (Å²) in [6.07, 6.45) is 0.642. The smallest absolute Gasteiger partial charge is 0.410 e. The van der Waals surface area contributed by atoms with Crippen molar-refractivity contribution in [2.75, 3.05) is 55.4 Å². The van der Waals surface area contributed by atoms with Gasteiger partial charge in [-0.15, -0.1) is 21.5 Å². The number of thiazole rings is 2. The van der Waals surface area contributed by atoms with Crippen LogP contribution in [0.2, 0.25) is 0 Å². The second kappa shape index (κ2) is 30.2. The lowest BCUT2D eigenvalue weighted by atomic mass is 9.98. The van der Waals surface area contributed by atoms with E-state index in [-0.39, 0.29) is 91.5 Å². The number of ether oxygens (including phenoxy) is 3. The third-order valence-corrected chi connectivity index (χ3v) is 18.8. The van der Waals surface area contributed by atoms with E-state index in [0.717, 1.165) is 73.5 Å². The number of urea groups is 1. The maximum Gasteiger partial charge on any atom is 0.410 e. The van der Waals surface area contributed by atoms with Crippen LogP contribution in [0.5, 0.6) is 5.75 Å². The Morgan fingerprint density at radius 1 is 0.916 bits per heavy atom. The van der Waals surface area contributed by atoms with Crippen LogP contribution in [-0.2, 0) is 43.8 Å². The zero-order valence-electron chi connectivity index (χ0n) is 52.0. The predicted octanol–water partition coefficient (Wildman–Crippen LogP) is 10.3. The number of aromatic nitrogens is 4. The number of nitrogens with one attached hydrogen (secondary N) is 6. The van der Waals surface area contributed by atoms with Crippen LogP contribution in [0.4, 0.5) is 46.4 Å². The maximum absolute atomic E-state index is 15.3. The molecule has 0 fully saturated rings. The lowest BCUT2D eigenvalue weighted by molar-refractivity contribution is -0.118. The Bertz CT molecular complexity index is 4340. The molecule has 0 unspecified atom stereocenters. The van der Waals surface area contributed by atoms with Crippen LogP contribution in [0, 0.1) is 35.9 Å². The number of carboxylic acid groups (broad SMARTS) is 1. The number of carbonyl (C=O) groups is 5. The molecule has 494 valence electrons. The molecule has 10 rings (SSSR count). The number of amidine groups is 1. The molecule has 10 N–H and O–H groups in total. The van der Waals surface area contributed by atoms with Crippen molar-refractivity contribution in [3.8, 4) is 28.7 Å². The van der Waals surface area contributed by atoms with Gasteiger partial charge in [-0.05, 0) is 116 Å². The van der Waals surface area contributed by atoms with Crippen molar-refractivity contribution in [3.63, 3.8) is 0 Å². The molecule has 3 aromatic heterocycles. The van der Waals surface area contributed by atoms with Crippen LogP contribution >= 0.6 is 22.7 Å². The minimum absolute atomic E-state index is 0.0137. The third-order valence-electron chi connectivity index (χ3n) is 15.8. The molecule has 0 bridgehead atoms. The van der Waals surface area contributed by atoms with E-state index in [9.17, 15) is 42.0 Å². The van der Waals surface area contributed by atoms with E-state index >= 15 is 4.39 Å². The number of aromatic carboxylic acids is 1. The Balaban J connectivity index is 0.696. The first kappa shape index (κ1) is 67.6. The fourth-order valence-electron chi connectivity index (χ4n) is 11.0. The summed E-state index contributed by atoms with van der Waals surface area (Å²) in [4.78, 5) is 76.3. The molecular formula is C66H68FN13O12S3. The second-order valence-corrected chi connectivity index (χ2v) is 26.2. The highest BCUT2D eigenvalue weighted by Gasteiger charge is 2.33. The van der Waals surface area contributed by atoms with Gasteiger partial charge in [0.1, 0.15) is 30.0 Å². The first-order valence-electron chi connectivity index (χ1n) is 30.3. The van der Waals surface area contributed by atoms with Crippen molar-refractivity contribution >= 4 is 107 Å². The second-order valence-electron chi connectivity index (χ2n) is 22.7. The van der Waals surface area contributed by atoms with Crippen molar-refractivity contribution in [2.45, 2.75) is 88.8 Å². The number of primary amides is 1. The number of benzene rings is 5. The van der Waals surface area contributed by atoms with E-state index in [2.05, 4.69) is 58.6 Å². The number of nitrogens with two attached hydrogens (primary N) is 1. The van der Waals surface area contributed by atoms with Crippen molar-refractivity contribution < 1.29 is 60.7 Å². The predicted molar refractivity (Wildman–Crippen MR) is 357 cm³/mol. The highest BCUT2D eigenvalue weighted by atomic mass is 32.2. The molecule has 1 aliphatic heterocycles. The molecule has 0 radical (unpaired) electrons. The van der Waals surface area contributed by atoms with Crippen LogP contribution in [0.3, 0.4) is 0 Å². The van der Waals surface area contributed by atoms with Crippen molar-refractivity contribution in [1.82, 2.24) is 41.0 Å². The van der Waals surface area contributed by atoms with Crippen molar-refractivity contribution in [2.24, 2.45) is 11.7 Å². The summed E-state index contributed by atoms with van der Waals surface area (Å²) in [5, 5.41) is 43.4. The van der Waals surface area contributed by atoms with Crippen molar-refractivity contribution in [1.29, 1.82) is 5.41 Å². The van der Waals surface area contributed by atoms with E-state index in [1.54, 1.807) is 13.8 Å². The molecule has 0 saturated carbocycles. The van der Waals surface area contributed by atoms with Gasteiger partial charge in [0, 0.05) is 58.9 Å². The van der Waals surface area contributed by atoms with Gasteiger partial charge in [0.2, 0.25) is 5.91 Å². The number of carboxylic acids is 1. The zero-order chi connectivity index (χ0) is 67.5. The molecule has 5 amide bonds. The zero-order valence-corrected chi connectivity index (χ0v) is 54.5. The largest absolute Gasteiger partial charge is 0.491 e. The Kier molecular flexibility index (Phi) is 21.5. The fraction of sp³-hybridized carbons (Fsp3) is 0.303. The average molecular weight is 1350 g/mol. The minimum atomic E-state index is -4.99. The quantitative estimate of drug-likeness (QED) is 0.00844. The number of para-hydroxylation sites is 1. The number of hydrogen-bond acceptors (Lipinski definition) is 19. The topological polar surface area (TPSA) is 356 Å². The number of alkyl carbamates (subject to hydrolysis) is 1. The van der Waals surface area contributed by atoms with Gasteiger partial charge in [-0.25, -0.2) is 33.5 Å². The summed E-state index contributed by atoms with van der Waals surface area (Å²) >= 11 is 2.76. The number of carbonyl (C=O) groups excluding carboxylic acids is 4. The first-order valence-corrected chi connectivity index (χ1v) is 33.4. The number of nitrogens with zero attached hydrogens (tertiary/aromatic N) is 6. The number of fused-ring (bicyclic) bond motifs is 5. The molecule has 1 aliphatic carbocycles. The summed E-state index contributed by atoms with van der Waals surface area (Å²) < 4.78 is 69.0. The molecule has 0 saturated heterocycles. The van der Waals surface area contributed by atoms with E-state index in [4.69, 9.17) is 25.4 Å². The standard InChI is InChI=1S/C66H68FN13O12S3/c1-37(2)55(75-65(85)91-36-47-45-18-7-5-16-43(45)44-17-6-8-19-46(44)47)57(68)72-50(22-11-29-70-62(69)84)60(81)71-41-27-26-40(54(34-41)95(87,88)89)35-92-66(86)79(4)30-12-15-39-25-28-51(48(67)33-39)90-32-14-24-53-56(61(82)83)74-64(94-53)80-31-13-20-42-38(3)58(77-78-59(42)80)76-63-73-49-21-9-10-23-52(49)93-63/h5-10,16-19,21,23,25-28,33-34,37,47,50,55H,11,13-14,20,22,24,29-32,35-36H2,1-4H3,(H2,68,72)(H,71,81)(H,75,85)(H,82,83)(H3,69,70,84)(H,73,76,77)(H,87,88,89)/t50-,55-/m0/s1. The van der Waals surface area contributed by atoms with Crippen LogP contribution < -0.4 is 42.0 Å². The van der Waals surface area contributed by atoms with Crippen LogP contribution in [0.1, 0.15) is 94.2 Å². The number of rotatable bonds is 25. The molecule has 5 aromatic carbocycles. The molecule has 25 nitrogen and oxygen atoms in total. The highest BCUT2D eigenvalue weighted by Crippen LogP contribution is 2.45. The molecule has 2 aliphatic rings. The number of aryl methyl sites for hydroxylation is 1. The summed E-state index contributed by atoms with van der Waals surface area (Å²) in [5.74, 6) is 3.20. The number of halogens is 1. The van der Waals surface area contributed by atoms with Gasteiger partial charge >= 0.3 is 24.2 Å². The number of hydrogen-bond donors (Lipinski definition) is 9. The van der Waals surface area contributed by atoms with Gasteiger partial charge in [0.15, 0.2) is 39.2 Å². The van der Waals surface area contributed by atoms with Gasteiger partial charge in [0.25, 0.3) is 10.1 Å². The van der Waals surface area contributed by atoms with Gasteiger partial charge in [-0.3, -0.25) is 14.8 Å². The van der Waals surface area contributed by atoms with Gasteiger partial charge < -0.3 is 61.4 Å². The van der Waals surface area contributed by atoms with Gasteiger partial charge in [0.05, 0.1) is 29.4 Å². The van der Waals surface area contributed by atoms with E-state index in [0.29, 0.717) is 39.7 Å². The van der Waals surface area contributed by atoms with Crippen LogP contribution in [0.25, 0.3) is 21.3 Å². The van der Waals surface area contributed by atoms with Crippen LogP contribution in [0.15, 0.2) is 114 Å². The Labute approximate surface area is 554 Å². The summed E-state index contributed by atoms with van der Waals surface area (Å²) in [5.41, 5.74) is 12.1. The Morgan fingerprint density at radius 2 is 1.65 bits per heavy atom. The molecule has 2 atom stereocenters. The Morgan fingerprint density at radius 3 is 2.36 bits per heavy atom. The first-order chi connectivity index (χ1) is 45.6.